The molecule has 0 saturated carbocycles. The second-order valence-corrected chi connectivity index (χ2v) is 6.50. The monoisotopic (exact) mass is 280 g/mol. The fraction of sp³-hybridized carbons (Fsp3) is 0.900. The maximum absolute atomic E-state index is 11.7. The van der Waals surface area contributed by atoms with Crippen LogP contribution >= 0.6 is 0 Å². The summed E-state index contributed by atoms with van der Waals surface area (Å²) in [5, 5.41) is 20.2. The molecule has 0 aromatic rings. The summed E-state index contributed by atoms with van der Waals surface area (Å²) in [6, 6.07) is 0. The summed E-state index contributed by atoms with van der Waals surface area (Å²) in [4.78, 5) is 11.7. The Morgan fingerprint density at radius 2 is 2.00 bits per heavy atom. The van der Waals surface area contributed by atoms with Gasteiger partial charge in [0.2, 0.25) is 15.9 Å². The minimum Gasteiger partial charge on any atom is -0.394 e. The number of piperidine rings is 1. The molecule has 1 amide bonds. The van der Waals surface area contributed by atoms with Crippen molar-refractivity contribution < 1.29 is 23.4 Å². The maximum atomic E-state index is 11.7. The molecule has 1 saturated heterocycles. The predicted octanol–water partition coefficient (Wildman–Crippen LogP) is -1.87. The van der Waals surface area contributed by atoms with Gasteiger partial charge in [-0.1, -0.05) is 0 Å². The van der Waals surface area contributed by atoms with Crippen molar-refractivity contribution in [1.29, 1.82) is 0 Å². The van der Waals surface area contributed by atoms with Crippen molar-refractivity contribution >= 4 is 15.9 Å². The Balaban J connectivity index is 2.36. The number of nitrogens with one attached hydrogen (secondary N) is 1. The van der Waals surface area contributed by atoms with Crippen LogP contribution in [0.25, 0.3) is 0 Å². The molecule has 1 atom stereocenters. The summed E-state index contributed by atoms with van der Waals surface area (Å²) < 4.78 is 23.9. The number of rotatable bonds is 5. The number of sulfonamides is 1. The van der Waals surface area contributed by atoms with Gasteiger partial charge in [-0.25, -0.2) is 12.7 Å². The predicted molar refractivity (Wildman–Crippen MR) is 65.2 cm³/mol. The molecule has 0 aromatic carbocycles. The summed E-state index contributed by atoms with van der Waals surface area (Å²) in [6.45, 7) is 0.313. The lowest BCUT2D eigenvalue weighted by Gasteiger charge is -2.29. The van der Waals surface area contributed by atoms with Crippen LogP contribution in [-0.2, 0) is 14.8 Å². The Morgan fingerprint density at radius 3 is 2.44 bits per heavy atom. The molecule has 1 fully saturated rings. The number of aliphatic hydroxyl groups is 2. The molecule has 1 rings (SSSR count). The number of nitrogens with zero attached hydrogens (tertiary/aromatic N) is 1. The van der Waals surface area contributed by atoms with Crippen molar-refractivity contribution in [2.45, 2.75) is 18.9 Å². The third kappa shape index (κ3) is 4.52. The Hall–Kier alpha value is -0.700. The highest BCUT2D eigenvalue weighted by molar-refractivity contribution is 7.88. The molecule has 1 unspecified atom stereocenters. The summed E-state index contributed by atoms with van der Waals surface area (Å²) in [5.41, 5.74) is 0. The van der Waals surface area contributed by atoms with Crippen LogP contribution in [0.1, 0.15) is 12.8 Å². The molecule has 106 valence electrons. The van der Waals surface area contributed by atoms with Crippen molar-refractivity contribution in [1.82, 2.24) is 9.62 Å². The Labute approximate surface area is 107 Å². The smallest absolute Gasteiger partial charge is 0.223 e. The lowest BCUT2D eigenvalue weighted by Crippen LogP contribution is -2.44. The Bertz CT molecular complexity index is 376. The Kier molecular flexibility index (Phi) is 5.51. The molecule has 1 heterocycles. The number of hydrogen-bond donors (Lipinski definition) is 3. The second kappa shape index (κ2) is 6.46. The van der Waals surface area contributed by atoms with Crippen LogP contribution in [0.5, 0.6) is 0 Å². The topological polar surface area (TPSA) is 107 Å². The van der Waals surface area contributed by atoms with Crippen LogP contribution in [0.3, 0.4) is 0 Å². The van der Waals surface area contributed by atoms with E-state index in [1.807, 2.05) is 0 Å². The molecule has 1 aliphatic rings. The van der Waals surface area contributed by atoms with E-state index in [-0.39, 0.29) is 18.4 Å². The molecule has 0 bridgehead atoms. The molecule has 0 radical (unpaired) electrons. The van der Waals surface area contributed by atoms with E-state index in [1.54, 1.807) is 0 Å². The fourth-order valence-electron chi connectivity index (χ4n) is 1.88. The van der Waals surface area contributed by atoms with Crippen molar-refractivity contribution in [2.75, 3.05) is 32.5 Å². The van der Waals surface area contributed by atoms with Gasteiger partial charge >= 0.3 is 0 Å². The minimum absolute atomic E-state index is 0.0155. The van der Waals surface area contributed by atoms with Crippen LogP contribution < -0.4 is 5.32 Å². The average Bonchev–Trinajstić information content (AvgIpc) is 2.34. The second-order valence-electron chi connectivity index (χ2n) is 4.52. The quantitative estimate of drug-likeness (QED) is 0.547. The first-order chi connectivity index (χ1) is 8.34. The van der Waals surface area contributed by atoms with Gasteiger partial charge in [0.15, 0.2) is 0 Å². The third-order valence-corrected chi connectivity index (χ3v) is 4.32. The number of carbonyl (C=O) groups is 1. The number of aliphatic hydroxyl groups excluding tert-OH is 2. The largest absolute Gasteiger partial charge is 0.394 e. The zero-order chi connectivity index (χ0) is 13.8. The highest BCUT2D eigenvalue weighted by Gasteiger charge is 2.28. The van der Waals surface area contributed by atoms with Crippen molar-refractivity contribution in [3.63, 3.8) is 0 Å². The minimum atomic E-state index is -3.18. The first-order valence-electron chi connectivity index (χ1n) is 5.86. The first kappa shape index (κ1) is 15.4. The lowest BCUT2D eigenvalue weighted by molar-refractivity contribution is -0.126. The van der Waals surface area contributed by atoms with Crippen LogP contribution in [-0.4, -0.2) is 67.4 Å². The molecular formula is C10H20N2O5S. The van der Waals surface area contributed by atoms with E-state index in [1.165, 1.54) is 4.31 Å². The van der Waals surface area contributed by atoms with Gasteiger partial charge in [0.05, 0.1) is 19.0 Å². The standard InChI is InChI=1S/C10H20N2O5S/c1-18(16,17)12-4-2-8(3-5-12)10(15)11-6-9(14)7-13/h8-9,13-14H,2-7H2,1H3,(H,11,15). The summed E-state index contributed by atoms with van der Waals surface area (Å²) in [6.07, 6.45) is 1.16. The molecule has 8 heteroatoms. The number of carbonyl (C=O) groups excluding carboxylic acids is 1. The van der Waals surface area contributed by atoms with E-state index in [0.29, 0.717) is 25.9 Å². The fourth-order valence-corrected chi connectivity index (χ4v) is 2.75. The summed E-state index contributed by atoms with van der Waals surface area (Å²) in [5.74, 6) is -0.426. The van der Waals surface area contributed by atoms with Gasteiger partial charge in [-0.05, 0) is 12.8 Å². The summed E-state index contributed by atoms with van der Waals surface area (Å²) >= 11 is 0. The summed E-state index contributed by atoms with van der Waals surface area (Å²) in [7, 11) is -3.18. The van der Waals surface area contributed by atoms with Crippen LogP contribution in [0.15, 0.2) is 0 Å². The van der Waals surface area contributed by atoms with E-state index in [0.717, 1.165) is 6.26 Å². The Morgan fingerprint density at radius 1 is 1.44 bits per heavy atom. The van der Waals surface area contributed by atoms with Gasteiger partial charge in [0, 0.05) is 25.6 Å². The van der Waals surface area contributed by atoms with Gasteiger partial charge in [-0.15, -0.1) is 0 Å². The van der Waals surface area contributed by atoms with E-state index >= 15 is 0 Å². The van der Waals surface area contributed by atoms with Crippen molar-refractivity contribution in [3.05, 3.63) is 0 Å². The molecule has 0 aromatic heterocycles. The average molecular weight is 280 g/mol. The molecular weight excluding hydrogens is 260 g/mol. The molecule has 1 aliphatic heterocycles. The van der Waals surface area contributed by atoms with Crippen LogP contribution in [0.4, 0.5) is 0 Å². The normalized spacial score (nSPS) is 20.6. The highest BCUT2D eigenvalue weighted by Crippen LogP contribution is 2.19. The molecule has 18 heavy (non-hydrogen) atoms. The molecule has 3 N–H and O–H groups in total. The van der Waals surface area contributed by atoms with Gasteiger partial charge in [0.1, 0.15) is 0 Å². The number of hydrogen-bond acceptors (Lipinski definition) is 5. The highest BCUT2D eigenvalue weighted by atomic mass is 32.2. The lowest BCUT2D eigenvalue weighted by atomic mass is 9.97. The zero-order valence-corrected chi connectivity index (χ0v) is 11.2. The first-order valence-corrected chi connectivity index (χ1v) is 7.71. The number of amides is 1. The van der Waals surface area contributed by atoms with Gasteiger partial charge in [-0.2, -0.15) is 0 Å². The van der Waals surface area contributed by atoms with Crippen LogP contribution in [0, 0.1) is 5.92 Å². The van der Waals surface area contributed by atoms with Crippen molar-refractivity contribution in [3.8, 4) is 0 Å². The van der Waals surface area contributed by atoms with Crippen molar-refractivity contribution in [2.24, 2.45) is 5.92 Å². The maximum Gasteiger partial charge on any atom is 0.223 e. The van der Waals surface area contributed by atoms with Gasteiger partial charge < -0.3 is 15.5 Å². The molecule has 7 nitrogen and oxygen atoms in total. The zero-order valence-electron chi connectivity index (χ0n) is 10.4. The van der Waals surface area contributed by atoms with Gasteiger partial charge in [-0.3, -0.25) is 4.79 Å². The van der Waals surface area contributed by atoms with E-state index < -0.39 is 22.7 Å². The van der Waals surface area contributed by atoms with E-state index in [4.69, 9.17) is 10.2 Å². The SMILES string of the molecule is CS(=O)(=O)N1CCC(C(=O)NCC(O)CO)CC1. The molecule has 0 aliphatic carbocycles. The third-order valence-electron chi connectivity index (χ3n) is 3.02. The van der Waals surface area contributed by atoms with E-state index in [9.17, 15) is 13.2 Å². The van der Waals surface area contributed by atoms with Gasteiger partial charge in [0.25, 0.3) is 0 Å². The van der Waals surface area contributed by atoms with E-state index in [2.05, 4.69) is 5.32 Å². The molecule has 0 spiro atoms. The van der Waals surface area contributed by atoms with Crippen LogP contribution in [0.2, 0.25) is 0 Å².